The van der Waals surface area contributed by atoms with Crippen molar-refractivity contribution in [3.8, 4) is 11.3 Å². The lowest BCUT2D eigenvalue weighted by Crippen LogP contribution is -2.17. The van der Waals surface area contributed by atoms with Crippen LogP contribution in [0.25, 0.3) is 17.4 Å². The van der Waals surface area contributed by atoms with E-state index in [-0.39, 0.29) is 23.4 Å². The Kier molecular flexibility index (Phi) is 6.61. The molecule has 0 radical (unpaired) electrons. The fourth-order valence-corrected chi connectivity index (χ4v) is 2.69. The van der Waals surface area contributed by atoms with Crippen molar-refractivity contribution >= 4 is 35.0 Å². The van der Waals surface area contributed by atoms with Crippen molar-refractivity contribution in [2.24, 2.45) is 5.92 Å². The van der Waals surface area contributed by atoms with Gasteiger partial charge >= 0.3 is 0 Å². The molecule has 31 heavy (non-hydrogen) atoms. The molecule has 0 saturated heterocycles. The number of para-hydroxylation sites is 1. The van der Waals surface area contributed by atoms with Crippen LogP contribution in [0.3, 0.4) is 0 Å². The van der Waals surface area contributed by atoms with Crippen LogP contribution in [0.1, 0.15) is 19.6 Å². The van der Waals surface area contributed by atoms with Crippen LogP contribution in [0.5, 0.6) is 0 Å². The normalized spacial score (nSPS) is 10.9. The predicted molar refractivity (Wildman–Crippen MR) is 118 cm³/mol. The molecular weight excluding hydrogens is 398 g/mol. The van der Waals surface area contributed by atoms with E-state index < -0.39 is 4.92 Å². The van der Waals surface area contributed by atoms with Crippen LogP contribution in [0, 0.1) is 16.0 Å². The highest BCUT2D eigenvalue weighted by Gasteiger charge is 2.16. The van der Waals surface area contributed by atoms with Crippen molar-refractivity contribution < 1.29 is 18.9 Å². The number of rotatable bonds is 7. The molecule has 0 fully saturated rings. The number of benzene rings is 2. The van der Waals surface area contributed by atoms with Crippen LogP contribution in [0.15, 0.2) is 71.2 Å². The fourth-order valence-electron chi connectivity index (χ4n) is 2.69. The van der Waals surface area contributed by atoms with Gasteiger partial charge in [-0.25, -0.2) is 0 Å². The molecule has 0 saturated carbocycles. The van der Waals surface area contributed by atoms with Gasteiger partial charge < -0.3 is 15.1 Å². The first-order valence-electron chi connectivity index (χ1n) is 9.57. The van der Waals surface area contributed by atoms with E-state index in [9.17, 15) is 19.7 Å². The van der Waals surface area contributed by atoms with Gasteiger partial charge in [0.1, 0.15) is 11.5 Å². The van der Waals surface area contributed by atoms with E-state index in [1.165, 1.54) is 18.2 Å². The molecule has 3 rings (SSSR count). The molecule has 0 bridgehead atoms. The Labute approximate surface area is 178 Å². The molecule has 8 heteroatoms. The highest BCUT2D eigenvalue weighted by atomic mass is 16.6. The van der Waals surface area contributed by atoms with E-state index in [0.29, 0.717) is 28.5 Å². The standard InChI is InChI=1S/C23H21N3O5/c1-15(2)23(28)25-17-9-7-16(8-10-17)24-22(27)14-12-18-11-13-21(31-18)19-5-3-4-6-20(19)26(29)30/h3-15H,1-2H3,(H,24,27)(H,25,28). The quantitative estimate of drug-likeness (QED) is 0.314. The molecule has 0 aliphatic carbocycles. The van der Waals surface area contributed by atoms with Crippen molar-refractivity contribution in [1.82, 2.24) is 0 Å². The first kappa shape index (κ1) is 21.5. The molecular formula is C23H21N3O5. The molecule has 2 amide bonds. The van der Waals surface area contributed by atoms with Gasteiger partial charge in [0.05, 0.1) is 10.5 Å². The van der Waals surface area contributed by atoms with Crippen LogP contribution in [0.2, 0.25) is 0 Å². The lowest BCUT2D eigenvalue weighted by molar-refractivity contribution is -0.384. The SMILES string of the molecule is CC(C)C(=O)Nc1ccc(NC(=O)C=Cc2ccc(-c3ccccc3[N+](=O)[O-])o2)cc1. The van der Waals surface area contributed by atoms with Crippen LogP contribution in [-0.2, 0) is 9.59 Å². The van der Waals surface area contributed by atoms with Gasteiger partial charge in [0.15, 0.2) is 0 Å². The van der Waals surface area contributed by atoms with Gasteiger partial charge in [0.2, 0.25) is 11.8 Å². The predicted octanol–water partition coefficient (Wildman–Crippen LogP) is 5.10. The summed E-state index contributed by atoms with van der Waals surface area (Å²) in [6.45, 7) is 3.61. The van der Waals surface area contributed by atoms with Crippen LogP contribution in [-0.4, -0.2) is 16.7 Å². The van der Waals surface area contributed by atoms with Crippen molar-refractivity contribution in [3.05, 3.63) is 82.6 Å². The third-order valence-corrected chi connectivity index (χ3v) is 4.34. The maximum atomic E-state index is 12.2. The Hall–Kier alpha value is -4.20. The molecule has 8 nitrogen and oxygen atoms in total. The second kappa shape index (κ2) is 9.53. The third-order valence-electron chi connectivity index (χ3n) is 4.34. The number of anilines is 2. The molecule has 0 atom stereocenters. The minimum Gasteiger partial charge on any atom is -0.456 e. The number of nitrogens with one attached hydrogen (secondary N) is 2. The lowest BCUT2D eigenvalue weighted by Gasteiger charge is -2.08. The number of nitrogens with zero attached hydrogens (tertiary/aromatic N) is 1. The Morgan fingerprint density at radius 2 is 1.61 bits per heavy atom. The fraction of sp³-hybridized carbons (Fsp3) is 0.130. The molecule has 0 aliphatic heterocycles. The summed E-state index contributed by atoms with van der Waals surface area (Å²) in [5.41, 5.74) is 1.52. The molecule has 0 unspecified atom stereocenters. The molecule has 0 spiro atoms. The second-order valence-electron chi connectivity index (χ2n) is 7.02. The number of nitro groups is 1. The van der Waals surface area contributed by atoms with Crippen LogP contribution >= 0.6 is 0 Å². The summed E-state index contributed by atoms with van der Waals surface area (Å²) in [5.74, 6) is 0.141. The molecule has 0 aliphatic rings. The Balaban J connectivity index is 1.62. The monoisotopic (exact) mass is 419 g/mol. The molecule has 158 valence electrons. The molecule has 1 heterocycles. The Morgan fingerprint density at radius 3 is 2.26 bits per heavy atom. The lowest BCUT2D eigenvalue weighted by atomic mass is 10.1. The number of hydrogen-bond donors (Lipinski definition) is 2. The average molecular weight is 419 g/mol. The number of hydrogen-bond acceptors (Lipinski definition) is 5. The molecule has 1 aromatic heterocycles. The molecule has 3 aromatic rings. The largest absolute Gasteiger partial charge is 0.456 e. The van der Waals surface area contributed by atoms with E-state index >= 15 is 0 Å². The van der Waals surface area contributed by atoms with E-state index in [4.69, 9.17) is 4.42 Å². The summed E-state index contributed by atoms with van der Waals surface area (Å²) >= 11 is 0. The summed E-state index contributed by atoms with van der Waals surface area (Å²) in [4.78, 5) is 34.6. The third kappa shape index (κ3) is 5.66. The van der Waals surface area contributed by atoms with E-state index in [1.807, 2.05) is 0 Å². The summed E-state index contributed by atoms with van der Waals surface area (Å²) in [6, 6.07) is 16.3. The number of nitro benzene ring substituents is 1. The summed E-state index contributed by atoms with van der Waals surface area (Å²) in [5, 5.41) is 16.7. The van der Waals surface area contributed by atoms with Gasteiger partial charge in [0.25, 0.3) is 5.69 Å². The number of furan rings is 1. The Morgan fingerprint density at radius 1 is 0.968 bits per heavy atom. The smallest absolute Gasteiger partial charge is 0.280 e. The number of carbonyl (C=O) groups excluding carboxylic acids is 2. The highest BCUT2D eigenvalue weighted by molar-refractivity contribution is 6.02. The van der Waals surface area contributed by atoms with Crippen molar-refractivity contribution in [2.75, 3.05) is 10.6 Å². The topological polar surface area (TPSA) is 114 Å². The van der Waals surface area contributed by atoms with Gasteiger partial charge in [-0.3, -0.25) is 19.7 Å². The van der Waals surface area contributed by atoms with E-state index in [1.54, 1.807) is 68.4 Å². The van der Waals surface area contributed by atoms with Crippen molar-refractivity contribution in [1.29, 1.82) is 0 Å². The van der Waals surface area contributed by atoms with Crippen LogP contribution < -0.4 is 10.6 Å². The van der Waals surface area contributed by atoms with Gasteiger partial charge in [-0.15, -0.1) is 0 Å². The maximum Gasteiger partial charge on any atom is 0.280 e. The van der Waals surface area contributed by atoms with E-state index in [0.717, 1.165) is 0 Å². The highest BCUT2D eigenvalue weighted by Crippen LogP contribution is 2.31. The van der Waals surface area contributed by atoms with E-state index in [2.05, 4.69) is 10.6 Å². The second-order valence-corrected chi connectivity index (χ2v) is 7.02. The van der Waals surface area contributed by atoms with Crippen LogP contribution in [0.4, 0.5) is 17.1 Å². The van der Waals surface area contributed by atoms with Gasteiger partial charge in [-0.2, -0.15) is 0 Å². The Bertz CT molecular complexity index is 1130. The van der Waals surface area contributed by atoms with Gasteiger partial charge in [-0.1, -0.05) is 26.0 Å². The minimum atomic E-state index is -0.472. The van der Waals surface area contributed by atoms with Gasteiger partial charge in [0, 0.05) is 29.4 Å². The average Bonchev–Trinajstić information content (AvgIpc) is 3.22. The summed E-state index contributed by atoms with van der Waals surface area (Å²) in [7, 11) is 0. The number of amides is 2. The summed E-state index contributed by atoms with van der Waals surface area (Å²) in [6.07, 6.45) is 2.78. The first-order chi connectivity index (χ1) is 14.8. The molecule has 2 N–H and O–H groups in total. The molecule has 2 aromatic carbocycles. The summed E-state index contributed by atoms with van der Waals surface area (Å²) < 4.78 is 5.62. The van der Waals surface area contributed by atoms with Crippen molar-refractivity contribution in [3.63, 3.8) is 0 Å². The zero-order chi connectivity index (χ0) is 22.4. The zero-order valence-corrected chi connectivity index (χ0v) is 17.0. The first-order valence-corrected chi connectivity index (χ1v) is 9.57. The zero-order valence-electron chi connectivity index (χ0n) is 17.0. The maximum absolute atomic E-state index is 12.2. The van der Waals surface area contributed by atoms with Gasteiger partial charge in [-0.05, 0) is 48.5 Å². The van der Waals surface area contributed by atoms with Crippen molar-refractivity contribution in [2.45, 2.75) is 13.8 Å². The minimum absolute atomic E-state index is 0.0573. The number of carbonyl (C=O) groups is 2.